The fourth-order valence-corrected chi connectivity index (χ4v) is 1.92. The van der Waals surface area contributed by atoms with Crippen LogP contribution in [0.3, 0.4) is 0 Å². The molecule has 0 atom stereocenters. The summed E-state index contributed by atoms with van der Waals surface area (Å²) in [6, 6.07) is 0. The number of hydrogen-bond donors (Lipinski definition) is 1. The molecule has 1 aliphatic rings. The quantitative estimate of drug-likeness (QED) is 0.745. The number of hydrogen-bond acceptors (Lipinski definition) is 4. The minimum atomic E-state index is -0.547. The molecule has 17 heavy (non-hydrogen) atoms. The SMILES string of the molecule is CN(C)C(=O)c1nc2n(c(=O)c1O)CCCC2. The Bertz CT molecular complexity index is 519. The smallest absolute Gasteiger partial charge is 0.296 e. The van der Waals surface area contributed by atoms with E-state index in [1.807, 2.05) is 0 Å². The summed E-state index contributed by atoms with van der Waals surface area (Å²) in [5.41, 5.74) is -0.659. The van der Waals surface area contributed by atoms with Gasteiger partial charge in [-0.25, -0.2) is 4.98 Å². The molecule has 6 heteroatoms. The molecule has 1 aliphatic heterocycles. The molecule has 1 aromatic heterocycles. The Kier molecular flexibility index (Phi) is 2.87. The highest BCUT2D eigenvalue weighted by molar-refractivity contribution is 5.94. The Morgan fingerprint density at radius 3 is 2.76 bits per heavy atom. The van der Waals surface area contributed by atoms with E-state index in [9.17, 15) is 14.7 Å². The van der Waals surface area contributed by atoms with Crippen molar-refractivity contribution >= 4 is 5.91 Å². The Balaban J connectivity index is 2.59. The summed E-state index contributed by atoms with van der Waals surface area (Å²) >= 11 is 0. The molecule has 2 rings (SSSR count). The van der Waals surface area contributed by atoms with Crippen LogP contribution in [0.4, 0.5) is 0 Å². The zero-order chi connectivity index (χ0) is 12.6. The van der Waals surface area contributed by atoms with E-state index in [4.69, 9.17) is 0 Å². The van der Waals surface area contributed by atoms with Crippen LogP contribution in [0, 0.1) is 0 Å². The molecule has 92 valence electrons. The maximum absolute atomic E-state index is 11.9. The number of nitrogens with zero attached hydrogens (tertiary/aromatic N) is 3. The van der Waals surface area contributed by atoms with Crippen LogP contribution in [0.25, 0.3) is 0 Å². The third kappa shape index (κ3) is 1.90. The predicted octanol–water partition coefficient (Wildman–Crippen LogP) is -0.0130. The number of carbonyl (C=O) groups is 1. The number of amides is 1. The molecular weight excluding hydrogens is 222 g/mol. The summed E-state index contributed by atoms with van der Waals surface area (Å²) in [6.07, 6.45) is 2.52. The first-order chi connectivity index (χ1) is 8.02. The van der Waals surface area contributed by atoms with Gasteiger partial charge in [0, 0.05) is 27.1 Å². The van der Waals surface area contributed by atoms with Gasteiger partial charge in [-0.05, 0) is 12.8 Å². The van der Waals surface area contributed by atoms with E-state index in [0.717, 1.165) is 12.8 Å². The molecular formula is C11H15N3O3. The summed E-state index contributed by atoms with van der Waals surface area (Å²) in [7, 11) is 3.11. The second kappa shape index (κ2) is 4.20. The molecule has 1 amide bonds. The van der Waals surface area contributed by atoms with Gasteiger partial charge in [-0.15, -0.1) is 0 Å². The Hall–Kier alpha value is -1.85. The van der Waals surface area contributed by atoms with E-state index in [-0.39, 0.29) is 5.69 Å². The third-order valence-corrected chi connectivity index (χ3v) is 2.87. The van der Waals surface area contributed by atoms with Gasteiger partial charge in [-0.2, -0.15) is 0 Å². The van der Waals surface area contributed by atoms with Crippen LogP contribution in [0.2, 0.25) is 0 Å². The van der Waals surface area contributed by atoms with E-state index in [1.54, 1.807) is 14.1 Å². The summed E-state index contributed by atoms with van der Waals surface area (Å²) in [4.78, 5) is 29.0. The minimum absolute atomic E-state index is 0.145. The molecule has 0 fully saturated rings. The van der Waals surface area contributed by atoms with Crippen molar-refractivity contribution in [2.24, 2.45) is 0 Å². The first-order valence-electron chi connectivity index (χ1n) is 5.56. The van der Waals surface area contributed by atoms with E-state index in [2.05, 4.69) is 4.98 Å². The van der Waals surface area contributed by atoms with Crippen LogP contribution < -0.4 is 5.56 Å². The Morgan fingerprint density at radius 1 is 1.41 bits per heavy atom. The molecule has 6 nitrogen and oxygen atoms in total. The maximum atomic E-state index is 11.9. The van der Waals surface area contributed by atoms with Crippen LogP contribution in [-0.4, -0.2) is 39.6 Å². The first kappa shape index (κ1) is 11.6. The van der Waals surface area contributed by atoms with Crippen molar-refractivity contribution in [1.29, 1.82) is 0 Å². The topological polar surface area (TPSA) is 75.4 Å². The fraction of sp³-hybridized carbons (Fsp3) is 0.545. The average molecular weight is 237 g/mol. The number of carbonyl (C=O) groups excluding carboxylic acids is 1. The molecule has 0 aromatic carbocycles. The van der Waals surface area contributed by atoms with E-state index < -0.39 is 17.2 Å². The summed E-state index contributed by atoms with van der Waals surface area (Å²) < 4.78 is 1.45. The van der Waals surface area contributed by atoms with Crippen molar-refractivity contribution in [3.8, 4) is 5.75 Å². The molecule has 1 N–H and O–H groups in total. The normalized spacial score (nSPS) is 14.2. The van der Waals surface area contributed by atoms with Crippen molar-refractivity contribution in [3.63, 3.8) is 0 Å². The highest BCUT2D eigenvalue weighted by Crippen LogP contribution is 2.16. The van der Waals surface area contributed by atoms with Gasteiger partial charge >= 0.3 is 0 Å². The Morgan fingerprint density at radius 2 is 2.12 bits per heavy atom. The van der Waals surface area contributed by atoms with Gasteiger partial charge in [0.15, 0.2) is 5.69 Å². The lowest BCUT2D eigenvalue weighted by Gasteiger charge is -2.19. The molecule has 0 radical (unpaired) electrons. The van der Waals surface area contributed by atoms with E-state index in [0.29, 0.717) is 18.8 Å². The number of aromatic nitrogens is 2. The molecule has 0 aliphatic carbocycles. The zero-order valence-corrected chi connectivity index (χ0v) is 9.93. The lowest BCUT2D eigenvalue weighted by molar-refractivity contribution is 0.0817. The van der Waals surface area contributed by atoms with Gasteiger partial charge in [0.05, 0.1) is 0 Å². The van der Waals surface area contributed by atoms with Gasteiger partial charge < -0.3 is 10.0 Å². The second-order valence-electron chi connectivity index (χ2n) is 4.34. The van der Waals surface area contributed by atoms with Crippen molar-refractivity contribution in [3.05, 3.63) is 21.9 Å². The van der Waals surface area contributed by atoms with Crippen molar-refractivity contribution < 1.29 is 9.90 Å². The maximum Gasteiger partial charge on any atom is 0.296 e. The first-order valence-corrected chi connectivity index (χ1v) is 5.56. The largest absolute Gasteiger partial charge is 0.501 e. The van der Waals surface area contributed by atoms with Gasteiger partial charge in [0.2, 0.25) is 5.75 Å². The summed E-state index contributed by atoms with van der Waals surface area (Å²) in [5.74, 6) is -0.410. The number of aromatic hydroxyl groups is 1. The van der Waals surface area contributed by atoms with Gasteiger partial charge in [0.1, 0.15) is 5.82 Å². The highest BCUT2D eigenvalue weighted by Gasteiger charge is 2.23. The van der Waals surface area contributed by atoms with E-state index in [1.165, 1.54) is 9.47 Å². The lowest BCUT2D eigenvalue weighted by atomic mass is 10.1. The van der Waals surface area contributed by atoms with Crippen LogP contribution in [-0.2, 0) is 13.0 Å². The molecule has 0 spiro atoms. The lowest BCUT2D eigenvalue weighted by Crippen LogP contribution is -2.32. The minimum Gasteiger partial charge on any atom is -0.501 e. The van der Waals surface area contributed by atoms with Crippen LogP contribution in [0.5, 0.6) is 5.75 Å². The van der Waals surface area contributed by atoms with Crippen LogP contribution in [0.1, 0.15) is 29.2 Å². The number of fused-ring (bicyclic) bond motifs is 1. The molecule has 0 bridgehead atoms. The van der Waals surface area contributed by atoms with Gasteiger partial charge in [-0.3, -0.25) is 14.2 Å². The summed E-state index contributed by atoms with van der Waals surface area (Å²) in [6.45, 7) is 0.561. The fourth-order valence-electron chi connectivity index (χ4n) is 1.92. The highest BCUT2D eigenvalue weighted by atomic mass is 16.3. The molecule has 0 unspecified atom stereocenters. The average Bonchev–Trinajstić information content (AvgIpc) is 2.33. The van der Waals surface area contributed by atoms with Gasteiger partial charge in [0.25, 0.3) is 11.5 Å². The Labute approximate surface area is 98.5 Å². The molecule has 0 saturated carbocycles. The summed E-state index contributed by atoms with van der Waals surface area (Å²) in [5, 5.41) is 9.73. The van der Waals surface area contributed by atoms with Crippen molar-refractivity contribution in [2.45, 2.75) is 25.8 Å². The van der Waals surface area contributed by atoms with Crippen molar-refractivity contribution in [2.75, 3.05) is 14.1 Å². The zero-order valence-electron chi connectivity index (χ0n) is 9.93. The standard InChI is InChI=1S/C11H15N3O3/c1-13(2)10(16)8-9(15)11(17)14-6-4-3-5-7(14)12-8/h15H,3-6H2,1-2H3. The second-order valence-corrected chi connectivity index (χ2v) is 4.34. The molecule has 2 heterocycles. The van der Waals surface area contributed by atoms with E-state index >= 15 is 0 Å². The van der Waals surface area contributed by atoms with Crippen molar-refractivity contribution in [1.82, 2.24) is 14.5 Å². The molecule has 1 aromatic rings. The number of aryl methyl sites for hydroxylation is 1. The number of rotatable bonds is 1. The molecule has 0 saturated heterocycles. The predicted molar refractivity (Wildman–Crippen MR) is 61.1 cm³/mol. The van der Waals surface area contributed by atoms with Crippen LogP contribution in [0.15, 0.2) is 4.79 Å². The monoisotopic (exact) mass is 237 g/mol. The van der Waals surface area contributed by atoms with Gasteiger partial charge in [-0.1, -0.05) is 0 Å². The van der Waals surface area contributed by atoms with Crippen LogP contribution >= 0.6 is 0 Å². The third-order valence-electron chi connectivity index (χ3n) is 2.87.